The molecule has 3 aliphatic rings. The molecule has 2 fully saturated rings. The standard InChI is InChI=1S/C31H40N6O4/c1-39-29-19-27(36-15-17-40-18-16-36)8-7-25(29)21-35-13-10-31(11-14-35)9-4-12-37-22-26(33-34-37)23-41-28-6-3-2-5-24(28)20-32-30(31)38/h2-3,5-8,19,22H,4,9-18,20-21,23H2,1H3,(H,32,38). The van der Waals surface area contributed by atoms with Crippen molar-refractivity contribution in [1.29, 1.82) is 0 Å². The first-order valence-electron chi connectivity index (χ1n) is 14.7. The van der Waals surface area contributed by atoms with Crippen LogP contribution in [0, 0.1) is 5.41 Å². The molecule has 1 aromatic heterocycles. The Bertz CT molecular complexity index is 1330. The number of morpholine rings is 1. The predicted octanol–water partition coefficient (Wildman–Crippen LogP) is 3.39. The number of hydrogen-bond acceptors (Lipinski definition) is 8. The second-order valence-corrected chi connectivity index (χ2v) is 11.3. The van der Waals surface area contributed by atoms with Crippen LogP contribution in [0.25, 0.3) is 0 Å². The van der Waals surface area contributed by atoms with Crippen molar-refractivity contribution < 1.29 is 19.0 Å². The van der Waals surface area contributed by atoms with Gasteiger partial charge >= 0.3 is 0 Å². The number of methoxy groups -OCH3 is 1. The van der Waals surface area contributed by atoms with E-state index in [4.69, 9.17) is 14.2 Å². The van der Waals surface area contributed by atoms with E-state index in [9.17, 15) is 4.79 Å². The van der Waals surface area contributed by atoms with Gasteiger partial charge in [0.2, 0.25) is 5.91 Å². The molecule has 1 amide bonds. The van der Waals surface area contributed by atoms with Gasteiger partial charge in [-0.25, -0.2) is 0 Å². The molecule has 218 valence electrons. The number of nitrogens with one attached hydrogen (secondary N) is 1. The van der Waals surface area contributed by atoms with Crippen LogP contribution < -0.4 is 19.7 Å². The third-order valence-electron chi connectivity index (χ3n) is 8.75. The van der Waals surface area contributed by atoms with Gasteiger partial charge in [-0.05, 0) is 50.9 Å². The summed E-state index contributed by atoms with van der Waals surface area (Å²) < 4.78 is 19.2. The van der Waals surface area contributed by atoms with Crippen molar-refractivity contribution in [2.45, 2.75) is 51.9 Å². The van der Waals surface area contributed by atoms with Crippen LogP contribution in [0.5, 0.6) is 11.5 Å². The zero-order valence-electron chi connectivity index (χ0n) is 23.9. The summed E-state index contributed by atoms with van der Waals surface area (Å²) in [5, 5.41) is 11.8. The Morgan fingerprint density at radius 2 is 1.85 bits per heavy atom. The number of para-hydroxylation sites is 1. The fourth-order valence-corrected chi connectivity index (χ4v) is 6.25. The number of anilines is 1. The SMILES string of the molecule is COc1cc(N2CCOCC2)ccc1CN1CCC2(CCCn3cc(nn3)COc3ccccc3CNC2=O)CC1. The Kier molecular flexibility index (Phi) is 8.38. The molecule has 6 rings (SSSR count). The lowest BCUT2D eigenvalue weighted by atomic mass is 9.73. The number of ether oxygens (including phenoxy) is 3. The second kappa shape index (κ2) is 12.5. The van der Waals surface area contributed by atoms with Gasteiger partial charge in [-0.2, -0.15) is 0 Å². The van der Waals surface area contributed by atoms with Gasteiger partial charge in [0.15, 0.2) is 0 Å². The van der Waals surface area contributed by atoms with Crippen LogP contribution >= 0.6 is 0 Å². The van der Waals surface area contributed by atoms with Crippen molar-refractivity contribution in [3.8, 4) is 11.5 Å². The van der Waals surface area contributed by atoms with Gasteiger partial charge in [-0.1, -0.05) is 29.5 Å². The average molecular weight is 561 g/mol. The van der Waals surface area contributed by atoms with E-state index in [1.54, 1.807) is 7.11 Å². The van der Waals surface area contributed by atoms with Crippen LogP contribution in [-0.4, -0.2) is 72.3 Å². The zero-order valence-corrected chi connectivity index (χ0v) is 23.9. The summed E-state index contributed by atoms with van der Waals surface area (Å²) in [4.78, 5) is 18.6. The molecule has 2 bridgehead atoms. The number of nitrogens with zero attached hydrogens (tertiary/aromatic N) is 5. The Hall–Kier alpha value is -3.63. The maximum Gasteiger partial charge on any atom is 0.226 e. The summed E-state index contributed by atoms with van der Waals surface area (Å²) in [6, 6.07) is 14.4. The van der Waals surface area contributed by atoms with Gasteiger partial charge in [-0.3, -0.25) is 14.4 Å². The first-order valence-corrected chi connectivity index (χ1v) is 14.7. The molecule has 3 aliphatic heterocycles. The summed E-state index contributed by atoms with van der Waals surface area (Å²) in [6.45, 7) is 7.35. The molecule has 10 heteroatoms. The lowest BCUT2D eigenvalue weighted by Gasteiger charge is -2.41. The molecule has 2 saturated heterocycles. The molecule has 2 aromatic carbocycles. The minimum Gasteiger partial charge on any atom is -0.496 e. The number of likely N-dealkylation sites (tertiary alicyclic amines) is 1. The maximum absolute atomic E-state index is 13.8. The number of hydrogen-bond donors (Lipinski definition) is 1. The second-order valence-electron chi connectivity index (χ2n) is 11.3. The molecule has 0 atom stereocenters. The lowest BCUT2D eigenvalue weighted by Crippen LogP contribution is -2.48. The van der Waals surface area contributed by atoms with E-state index in [1.165, 1.54) is 11.3 Å². The number of aromatic nitrogens is 3. The minimum absolute atomic E-state index is 0.135. The van der Waals surface area contributed by atoms with Crippen LogP contribution in [0.15, 0.2) is 48.7 Å². The first-order chi connectivity index (χ1) is 20.1. The maximum atomic E-state index is 13.8. The highest BCUT2D eigenvalue weighted by atomic mass is 16.5. The predicted molar refractivity (Wildman–Crippen MR) is 155 cm³/mol. The van der Waals surface area contributed by atoms with Crippen LogP contribution in [0.3, 0.4) is 0 Å². The van der Waals surface area contributed by atoms with Crippen LogP contribution in [0.1, 0.15) is 42.5 Å². The molecule has 41 heavy (non-hydrogen) atoms. The Morgan fingerprint density at radius 1 is 1.02 bits per heavy atom. The van der Waals surface area contributed by atoms with Crippen LogP contribution in [0.2, 0.25) is 0 Å². The van der Waals surface area contributed by atoms with E-state index in [2.05, 4.69) is 43.6 Å². The monoisotopic (exact) mass is 560 g/mol. The van der Waals surface area contributed by atoms with Gasteiger partial charge in [0.1, 0.15) is 23.8 Å². The van der Waals surface area contributed by atoms with E-state index < -0.39 is 5.41 Å². The van der Waals surface area contributed by atoms with Crippen LogP contribution in [-0.2, 0) is 35.8 Å². The highest BCUT2D eigenvalue weighted by Crippen LogP contribution is 2.38. The third-order valence-corrected chi connectivity index (χ3v) is 8.75. The molecule has 3 aromatic rings. The molecule has 0 saturated carbocycles. The highest BCUT2D eigenvalue weighted by molar-refractivity contribution is 5.82. The lowest BCUT2D eigenvalue weighted by molar-refractivity contribution is -0.135. The normalized spacial score (nSPS) is 20.0. The topological polar surface area (TPSA) is 94.0 Å². The molecule has 4 heterocycles. The van der Waals surface area contributed by atoms with Gasteiger partial charge in [0.25, 0.3) is 0 Å². The van der Waals surface area contributed by atoms with Crippen molar-refractivity contribution >= 4 is 11.6 Å². The number of rotatable bonds is 4. The molecular weight excluding hydrogens is 520 g/mol. The average Bonchev–Trinajstić information content (AvgIpc) is 3.48. The summed E-state index contributed by atoms with van der Waals surface area (Å²) in [6.07, 6.45) is 5.26. The smallest absolute Gasteiger partial charge is 0.226 e. The quantitative estimate of drug-likeness (QED) is 0.519. The molecular formula is C31H40N6O4. The summed E-state index contributed by atoms with van der Waals surface area (Å²) in [7, 11) is 1.74. The van der Waals surface area contributed by atoms with E-state index in [0.717, 1.165) is 101 Å². The summed E-state index contributed by atoms with van der Waals surface area (Å²) >= 11 is 0. The fourth-order valence-electron chi connectivity index (χ4n) is 6.25. The van der Waals surface area contributed by atoms with Gasteiger partial charge < -0.3 is 24.4 Å². The van der Waals surface area contributed by atoms with Crippen molar-refractivity contribution in [3.05, 3.63) is 65.5 Å². The summed E-state index contributed by atoms with van der Waals surface area (Å²) in [5.74, 6) is 1.81. The van der Waals surface area contributed by atoms with Gasteiger partial charge in [-0.15, -0.1) is 5.10 Å². The molecule has 1 spiro atoms. The van der Waals surface area contributed by atoms with E-state index in [-0.39, 0.29) is 5.91 Å². The third kappa shape index (κ3) is 6.33. The van der Waals surface area contributed by atoms with E-state index in [0.29, 0.717) is 13.2 Å². The number of carbonyl (C=O) groups is 1. The van der Waals surface area contributed by atoms with Crippen molar-refractivity contribution in [2.75, 3.05) is 51.4 Å². The Labute approximate surface area is 241 Å². The van der Waals surface area contributed by atoms with Gasteiger partial charge in [0, 0.05) is 55.6 Å². The van der Waals surface area contributed by atoms with Crippen LogP contribution in [0.4, 0.5) is 5.69 Å². The molecule has 1 N–H and O–H groups in total. The van der Waals surface area contributed by atoms with Crippen molar-refractivity contribution in [1.82, 2.24) is 25.2 Å². The Morgan fingerprint density at radius 3 is 2.68 bits per heavy atom. The summed E-state index contributed by atoms with van der Waals surface area (Å²) in [5.41, 5.74) is 3.70. The molecule has 10 nitrogen and oxygen atoms in total. The number of amides is 1. The van der Waals surface area contributed by atoms with Crippen molar-refractivity contribution in [3.63, 3.8) is 0 Å². The number of aryl methyl sites for hydroxylation is 1. The molecule has 0 unspecified atom stereocenters. The molecule has 0 aliphatic carbocycles. The Balaban J connectivity index is 1.14. The number of carbonyl (C=O) groups excluding carboxylic acids is 1. The number of piperidine rings is 1. The van der Waals surface area contributed by atoms with E-state index in [1.807, 2.05) is 35.1 Å². The fraction of sp³-hybridized carbons (Fsp3) is 0.516. The van der Waals surface area contributed by atoms with Crippen molar-refractivity contribution in [2.24, 2.45) is 5.41 Å². The number of benzene rings is 2. The largest absolute Gasteiger partial charge is 0.496 e. The van der Waals surface area contributed by atoms with E-state index >= 15 is 0 Å². The first kappa shape index (κ1) is 27.5. The number of fused-ring (bicyclic) bond motifs is 3. The minimum atomic E-state index is -0.413. The zero-order chi connectivity index (χ0) is 28.1. The molecule has 0 radical (unpaired) electrons. The van der Waals surface area contributed by atoms with Gasteiger partial charge in [0.05, 0.1) is 31.9 Å². The highest BCUT2D eigenvalue weighted by Gasteiger charge is 2.41.